The third-order valence-electron chi connectivity index (χ3n) is 3.45. The Bertz CT molecular complexity index is 998. The minimum Gasteiger partial charge on any atom is -0.508 e. The van der Waals surface area contributed by atoms with Crippen molar-refractivity contribution in [3.8, 4) is 5.75 Å². The van der Waals surface area contributed by atoms with Gasteiger partial charge in [-0.1, -0.05) is 0 Å². The van der Waals surface area contributed by atoms with E-state index in [4.69, 9.17) is 5.11 Å². The van der Waals surface area contributed by atoms with Gasteiger partial charge in [0.15, 0.2) is 0 Å². The van der Waals surface area contributed by atoms with Gasteiger partial charge in [0, 0.05) is 5.56 Å². The fourth-order valence-electron chi connectivity index (χ4n) is 2.17. The van der Waals surface area contributed by atoms with Crippen LogP contribution in [0.25, 0.3) is 0 Å². The number of aromatic hydroxyl groups is 1. The maximum atomic E-state index is 12.2. The van der Waals surface area contributed by atoms with Crippen molar-refractivity contribution < 1.29 is 27.9 Å². The van der Waals surface area contributed by atoms with Crippen molar-refractivity contribution in [1.29, 1.82) is 0 Å². The Morgan fingerprint density at radius 1 is 0.960 bits per heavy atom. The van der Waals surface area contributed by atoms with Crippen molar-refractivity contribution >= 4 is 27.7 Å². The maximum absolute atomic E-state index is 12.2. The van der Waals surface area contributed by atoms with Gasteiger partial charge in [0.2, 0.25) is 0 Å². The van der Waals surface area contributed by atoms with Crippen molar-refractivity contribution in [2.45, 2.75) is 4.90 Å². The number of nitrogens with one attached hydrogen (secondary N) is 3. The predicted octanol–water partition coefficient (Wildman–Crippen LogP) is -0.101. The molecule has 0 aromatic heterocycles. The van der Waals surface area contributed by atoms with E-state index in [0.717, 1.165) is 12.1 Å². The van der Waals surface area contributed by atoms with Gasteiger partial charge in [-0.15, -0.1) is 4.83 Å². The van der Waals surface area contributed by atoms with Crippen LogP contribution in [0.4, 0.5) is 0 Å². The number of phenolic OH excluding ortho intramolecular Hbond substituents is 1. The zero-order chi connectivity index (χ0) is 18.2. The molecule has 9 nitrogen and oxygen atoms in total. The summed E-state index contributed by atoms with van der Waals surface area (Å²) in [5.74, 6) is -2.07. The highest BCUT2D eigenvalue weighted by Crippen LogP contribution is 2.20. The Morgan fingerprint density at radius 3 is 2.28 bits per heavy atom. The molecule has 0 atom stereocenters. The van der Waals surface area contributed by atoms with Crippen LogP contribution < -0.4 is 15.6 Å². The first-order valence-corrected chi connectivity index (χ1v) is 8.37. The Balaban J connectivity index is 1.77. The number of benzene rings is 2. The molecule has 0 radical (unpaired) electrons. The second-order valence-corrected chi connectivity index (χ2v) is 6.78. The van der Waals surface area contributed by atoms with Gasteiger partial charge in [-0.25, -0.2) is 8.42 Å². The number of fused-ring (bicyclic) bond motifs is 1. The van der Waals surface area contributed by atoms with Gasteiger partial charge in [0.05, 0.1) is 16.0 Å². The predicted molar refractivity (Wildman–Crippen MR) is 84.1 cm³/mol. The van der Waals surface area contributed by atoms with Crippen LogP contribution in [0.15, 0.2) is 47.4 Å². The molecule has 0 aliphatic carbocycles. The third kappa shape index (κ3) is 3.20. The summed E-state index contributed by atoms with van der Waals surface area (Å²) < 4.78 is 24.5. The standard InChI is InChI=1S/C15H11N3O6S/c19-9-3-1-8(2-4-9)13(20)17-18-25(23,24)10-5-6-11-12(7-10)15(22)16-14(11)21/h1-7,18-19H,(H,17,20)(H,16,21,22). The zero-order valence-corrected chi connectivity index (χ0v) is 13.3. The first-order chi connectivity index (χ1) is 11.8. The second-order valence-electron chi connectivity index (χ2n) is 5.10. The van der Waals surface area contributed by atoms with Crippen LogP contribution in [0.1, 0.15) is 31.1 Å². The number of carbonyl (C=O) groups is 3. The van der Waals surface area contributed by atoms with E-state index in [1.165, 1.54) is 30.3 Å². The number of hydrogen-bond acceptors (Lipinski definition) is 6. The fourth-order valence-corrected chi connectivity index (χ4v) is 3.04. The summed E-state index contributed by atoms with van der Waals surface area (Å²) in [6.07, 6.45) is 0. The number of phenols is 1. The van der Waals surface area contributed by atoms with Gasteiger partial charge in [0.1, 0.15) is 5.75 Å². The molecule has 3 rings (SSSR count). The lowest BCUT2D eigenvalue weighted by Gasteiger charge is -2.09. The van der Waals surface area contributed by atoms with E-state index in [2.05, 4.69) is 5.32 Å². The van der Waals surface area contributed by atoms with Gasteiger partial charge in [-0.2, -0.15) is 0 Å². The number of hydrazine groups is 1. The Hall–Kier alpha value is -3.24. The first-order valence-electron chi connectivity index (χ1n) is 6.89. The van der Waals surface area contributed by atoms with Gasteiger partial charge in [0.25, 0.3) is 27.7 Å². The molecule has 0 bridgehead atoms. The molecule has 128 valence electrons. The minimum atomic E-state index is -4.16. The lowest BCUT2D eigenvalue weighted by molar-refractivity contribution is 0.0877. The SMILES string of the molecule is O=C(NNS(=O)(=O)c1ccc2c(c1)C(=O)NC2=O)c1ccc(O)cc1. The summed E-state index contributed by atoms with van der Waals surface area (Å²) in [5, 5.41) is 11.2. The van der Waals surface area contributed by atoms with E-state index in [1.54, 1.807) is 0 Å². The zero-order valence-electron chi connectivity index (χ0n) is 12.4. The van der Waals surface area contributed by atoms with Crippen LogP contribution in [0.3, 0.4) is 0 Å². The van der Waals surface area contributed by atoms with E-state index >= 15 is 0 Å². The van der Waals surface area contributed by atoms with Crippen molar-refractivity contribution in [3.63, 3.8) is 0 Å². The van der Waals surface area contributed by atoms with E-state index in [-0.39, 0.29) is 27.3 Å². The lowest BCUT2D eigenvalue weighted by Crippen LogP contribution is -2.41. The highest BCUT2D eigenvalue weighted by Gasteiger charge is 2.28. The Morgan fingerprint density at radius 2 is 1.60 bits per heavy atom. The molecule has 4 N–H and O–H groups in total. The molecule has 0 unspecified atom stereocenters. The van der Waals surface area contributed by atoms with Crippen LogP contribution in [-0.4, -0.2) is 31.2 Å². The number of amides is 3. The summed E-state index contributed by atoms with van der Waals surface area (Å²) >= 11 is 0. The van der Waals surface area contributed by atoms with Gasteiger partial charge < -0.3 is 5.11 Å². The van der Waals surface area contributed by atoms with Crippen LogP contribution in [-0.2, 0) is 10.0 Å². The maximum Gasteiger partial charge on any atom is 0.266 e. The molecule has 1 heterocycles. The molecule has 0 saturated heterocycles. The molecule has 0 spiro atoms. The highest BCUT2D eigenvalue weighted by molar-refractivity contribution is 7.89. The summed E-state index contributed by atoms with van der Waals surface area (Å²) in [4.78, 5) is 36.6. The summed E-state index contributed by atoms with van der Waals surface area (Å²) in [6, 6.07) is 8.58. The molecule has 0 fully saturated rings. The summed E-state index contributed by atoms with van der Waals surface area (Å²) in [5.41, 5.74) is 2.17. The van der Waals surface area contributed by atoms with E-state index in [9.17, 15) is 22.8 Å². The molecule has 0 saturated carbocycles. The highest BCUT2D eigenvalue weighted by atomic mass is 32.2. The molecular formula is C15H11N3O6S. The van der Waals surface area contributed by atoms with Crippen LogP contribution in [0.2, 0.25) is 0 Å². The van der Waals surface area contributed by atoms with Crippen LogP contribution in [0.5, 0.6) is 5.75 Å². The number of imide groups is 1. The van der Waals surface area contributed by atoms with E-state index in [1.807, 2.05) is 10.3 Å². The smallest absolute Gasteiger partial charge is 0.266 e. The van der Waals surface area contributed by atoms with Crippen molar-refractivity contribution in [2.24, 2.45) is 0 Å². The summed E-state index contributed by atoms with van der Waals surface area (Å²) in [7, 11) is -4.16. The molecule has 1 aliphatic heterocycles. The topological polar surface area (TPSA) is 142 Å². The molecule has 1 aliphatic rings. The number of sulfonamides is 1. The molecule has 3 amide bonds. The molecular weight excluding hydrogens is 350 g/mol. The quantitative estimate of drug-likeness (QED) is 0.442. The minimum absolute atomic E-state index is 0.0388. The Kier molecular flexibility index (Phi) is 3.99. The van der Waals surface area contributed by atoms with Gasteiger partial charge >= 0.3 is 0 Å². The first kappa shape index (κ1) is 16.6. The molecule has 25 heavy (non-hydrogen) atoms. The fraction of sp³-hybridized carbons (Fsp3) is 0. The molecule has 10 heteroatoms. The number of carbonyl (C=O) groups excluding carboxylic acids is 3. The van der Waals surface area contributed by atoms with E-state index < -0.39 is 27.7 Å². The van der Waals surface area contributed by atoms with Crippen molar-refractivity contribution in [3.05, 3.63) is 59.2 Å². The average Bonchev–Trinajstić information content (AvgIpc) is 2.87. The second kappa shape index (κ2) is 6.00. The van der Waals surface area contributed by atoms with Crippen molar-refractivity contribution in [1.82, 2.24) is 15.6 Å². The Labute approximate surface area is 141 Å². The lowest BCUT2D eigenvalue weighted by atomic mass is 10.1. The normalized spacial score (nSPS) is 13.3. The number of hydrogen-bond donors (Lipinski definition) is 4. The van der Waals surface area contributed by atoms with Crippen LogP contribution >= 0.6 is 0 Å². The molecule has 2 aromatic rings. The third-order valence-corrected chi connectivity index (χ3v) is 4.69. The molecule has 2 aromatic carbocycles. The van der Waals surface area contributed by atoms with Crippen LogP contribution in [0, 0.1) is 0 Å². The van der Waals surface area contributed by atoms with E-state index in [0.29, 0.717) is 0 Å². The average molecular weight is 361 g/mol. The van der Waals surface area contributed by atoms with Crippen molar-refractivity contribution in [2.75, 3.05) is 0 Å². The summed E-state index contributed by atoms with van der Waals surface area (Å²) in [6.45, 7) is 0. The number of rotatable bonds is 4. The monoisotopic (exact) mass is 361 g/mol. The largest absolute Gasteiger partial charge is 0.508 e. The van der Waals surface area contributed by atoms with Gasteiger partial charge in [-0.05, 0) is 42.5 Å². The van der Waals surface area contributed by atoms with Gasteiger partial charge in [-0.3, -0.25) is 25.1 Å².